The van der Waals surface area contributed by atoms with E-state index in [1.165, 1.54) is 0 Å². The minimum absolute atomic E-state index is 0.0978. The van der Waals surface area contributed by atoms with Gasteiger partial charge in [-0.15, -0.1) is 0 Å². The molecule has 96 valence electrons. The van der Waals surface area contributed by atoms with Gasteiger partial charge in [-0.3, -0.25) is 0 Å². The molecule has 0 aliphatic rings. The van der Waals surface area contributed by atoms with Crippen LogP contribution in [0.4, 0.5) is 11.6 Å². The van der Waals surface area contributed by atoms with Crippen LogP contribution in [-0.2, 0) is 5.41 Å². The van der Waals surface area contributed by atoms with Crippen molar-refractivity contribution in [3.8, 4) is 0 Å². The number of hydrogen-bond donors (Lipinski definition) is 2. The quantitative estimate of drug-likeness (QED) is 0.621. The van der Waals surface area contributed by atoms with Crippen molar-refractivity contribution in [1.29, 1.82) is 0 Å². The zero-order valence-electron chi connectivity index (χ0n) is 11.6. The summed E-state index contributed by atoms with van der Waals surface area (Å²) in [7, 11) is 2.01. The van der Waals surface area contributed by atoms with E-state index in [0.29, 0.717) is 11.9 Å². The van der Waals surface area contributed by atoms with E-state index in [2.05, 4.69) is 54.9 Å². The van der Waals surface area contributed by atoms with E-state index in [9.17, 15) is 0 Å². The lowest BCUT2D eigenvalue weighted by Gasteiger charge is -2.25. The Labute approximate surface area is 103 Å². The molecule has 0 unspecified atom stereocenters. The van der Waals surface area contributed by atoms with Crippen LogP contribution in [0.25, 0.3) is 0 Å². The van der Waals surface area contributed by atoms with Crippen LogP contribution in [0.2, 0.25) is 0 Å². The summed E-state index contributed by atoms with van der Waals surface area (Å²) < 4.78 is 0. The van der Waals surface area contributed by atoms with Gasteiger partial charge in [0.05, 0.1) is 0 Å². The molecule has 1 heterocycles. The third-order valence-electron chi connectivity index (χ3n) is 2.67. The molecular formula is C12H23N5. The Morgan fingerprint density at radius 3 is 2.29 bits per heavy atom. The standard InChI is InChI=1S/C12H23N5/c1-8(2)17(6)10-7-9(16-13)14-11(15-10)12(3,4)5/h7-8H,13H2,1-6H3,(H,14,15,16). The molecule has 0 fully saturated rings. The topological polar surface area (TPSA) is 67.1 Å². The Balaban J connectivity index is 3.23. The summed E-state index contributed by atoms with van der Waals surface area (Å²) in [6, 6.07) is 2.23. The average molecular weight is 237 g/mol. The molecule has 0 aliphatic carbocycles. The monoisotopic (exact) mass is 237 g/mol. The average Bonchev–Trinajstić information content (AvgIpc) is 2.26. The lowest BCUT2D eigenvalue weighted by Crippen LogP contribution is -2.29. The van der Waals surface area contributed by atoms with Gasteiger partial charge in [0, 0.05) is 24.6 Å². The summed E-state index contributed by atoms with van der Waals surface area (Å²) >= 11 is 0. The Morgan fingerprint density at radius 1 is 1.29 bits per heavy atom. The third kappa shape index (κ3) is 3.30. The molecule has 0 amide bonds. The highest BCUT2D eigenvalue weighted by molar-refractivity contribution is 5.49. The zero-order valence-corrected chi connectivity index (χ0v) is 11.6. The zero-order chi connectivity index (χ0) is 13.2. The van der Waals surface area contributed by atoms with Gasteiger partial charge in [-0.2, -0.15) is 0 Å². The van der Waals surface area contributed by atoms with E-state index in [1.807, 2.05) is 13.1 Å². The van der Waals surface area contributed by atoms with E-state index >= 15 is 0 Å². The molecule has 0 saturated carbocycles. The summed E-state index contributed by atoms with van der Waals surface area (Å²) in [5.41, 5.74) is 2.50. The van der Waals surface area contributed by atoms with E-state index in [4.69, 9.17) is 5.84 Å². The van der Waals surface area contributed by atoms with Gasteiger partial charge in [-0.1, -0.05) is 20.8 Å². The Bertz CT molecular complexity index is 381. The SMILES string of the molecule is CC(C)N(C)c1cc(NN)nc(C(C)(C)C)n1. The summed E-state index contributed by atoms with van der Waals surface area (Å²) in [6.07, 6.45) is 0. The van der Waals surface area contributed by atoms with Gasteiger partial charge < -0.3 is 10.3 Å². The molecule has 1 aromatic rings. The number of nitrogen functional groups attached to an aromatic ring is 1. The highest BCUT2D eigenvalue weighted by Crippen LogP contribution is 2.23. The molecule has 0 aromatic carbocycles. The summed E-state index contributed by atoms with van der Waals surface area (Å²) in [5, 5.41) is 0. The van der Waals surface area contributed by atoms with Crippen molar-refractivity contribution in [2.75, 3.05) is 17.4 Å². The Hall–Kier alpha value is -1.36. The van der Waals surface area contributed by atoms with Gasteiger partial charge in [-0.05, 0) is 13.8 Å². The second-order valence-corrected chi connectivity index (χ2v) is 5.53. The molecule has 1 aromatic heterocycles. The first-order valence-corrected chi connectivity index (χ1v) is 5.84. The van der Waals surface area contributed by atoms with Crippen LogP contribution in [0.15, 0.2) is 6.07 Å². The summed E-state index contributed by atoms with van der Waals surface area (Å²) in [6.45, 7) is 10.5. The van der Waals surface area contributed by atoms with E-state index < -0.39 is 0 Å². The second kappa shape index (κ2) is 4.87. The summed E-state index contributed by atoms with van der Waals surface area (Å²) in [5.74, 6) is 7.76. The number of hydrazine groups is 1. The number of aromatic nitrogens is 2. The van der Waals surface area contributed by atoms with Crippen molar-refractivity contribution in [2.24, 2.45) is 5.84 Å². The van der Waals surface area contributed by atoms with Crippen molar-refractivity contribution < 1.29 is 0 Å². The molecular weight excluding hydrogens is 214 g/mol. The number of rotatable bonds is 3. The largest absolute Gasteiger partial charge is 0.357 e. The maximum Gasteiger partial charge on any atom is 0.145 e. The van der Waals surface area contributed by atoms with Crippen LogP contribution < -0.4 is 16.2 Å². The Morgan fingerprint density at radius 2 is 1.88 bits per heavy atom. The number of anilines is 2. The molecule has 17 heavy (non-hydrogen) atoms. The van der Waals surface area contributed by atoms with Crippen molar-refractivity contribution in [2.45, 2.75) is 46.1 Å². The highest BCUT2D eigenvalue weighted by Gasteiger charge is 2.20. The molecule has 0 bridgehead atoms. The molecule has 0 atom stereocenters. The normalized spacial score (nSPS) is 11.8. The van der Waals surface area contributed by atoms with E-state index in [0.717, 1.165) is 11.6 Å². The van der Waals surface area contributed by atoms with Gasteiger partial charge in [0.2, 0.25) is 0 Å². The molecule has 0 saturated heterocycles. The second-order valence-electron chi connectivity index (χ2n) is 5.53. The van der Waals surface area contributed by atoms with Crippen molar-refractivity contribution >= 4 is 11.6 Å². The predicted octanol–water partition coefficient (Wildman–Crippen LogP) is 1.90. The lowest BCUT2D eigenvalue weighted by atomic mass is 9.96. The van der Waals surface area contributed by atoms with Crippen LogP contribution in [0.5, 0.6) is 0 Å². The van der Waals surface area contributed by atoms with Gasteiger partial charge in [0.25, 0.3) is 0 Å². The number of nitrogens with zero attached hydrogens (tertiary/aromatic N) is 3. The number of nitrogens with one attached hydrogen (secondary N) is 1. The maximum absolute atomic E-state index is 5.45. The van der Waals surface area contributed by atoms with Crippen LogP contribution in [-0.4, -0.2) is 23.1 Å². The van der Waals surface area contributed by atoms with Gasteiger partial charge in [0.15, 0.2) is 0 Å². The first kappa shape index (κ1) is 13.7. The first-order chi connectivity index (χ1) is 7.75. The molecule has 1 rings (SSSR count). The van der Waals surface area contributed by atoms with Gasteiger partial charge >= 0.3 is 0 Å². The minimum Gasteiger partial charge on any atom is -0.357 e. The van der Waals surface area contributed by atoms with Gasteiger partial charge in [-0.25, -0.2) is 15.8 Å². The van der Waals surface area contributed by atoms with Crippen LogP contribution >= 0.6 is 0 Å². The van der Waals surface area contributed by atoms with Crippen LogP contribution in [0.1, 0.15) is 40.4 Å². The first-order valence-electron chi connectivity index (χ1n) is 5.84. The predicted molar refractivity (Wildman–Crippen MR) is 72.1 cm³/mol. The summed E-state index contributed by atoms with van der Waals surface area (Å²) in [4.78, 5) is 11.1. The Kier molecular flexibility index (Phi) is 3.93. The van der Waals surface area contributed by atoms with E-state index in [1.54, 1.807) is 0 Å². The minimum atomic E-state index is -0.0978. The molecule has 5 heteroatoms. The van der Waals surface area contributed by atoms with Crippen LogP contribution in [0.3, 0.4) is 0 Å². The van der Waals surface area contributed by atoms with Crippen molar-refractivity contribution in [1.82, 2.24) is 9.97 Å². The smallest absolute Gasteiger partial charge is 0.145 e. The maximum atomic E-state index is 5.45. The molecule has 0 spiro atoms. The molecule has 0 radical (unpaired) electrons. The van der Waals surface area contributed by atoms with Crippen molar-refractivity contribution in [3.05, 3.63) is 11.9 Å². The third-order valence-corrected chi connectivity index (χ3v) is 2.67. The fourth-order valence-electron chi connectivity index (χ4n) is 1.29. The fraction of sp³-hybridized carbons (Fsp3) is 0.667. The fourth-order valence-corrected chi connectivity index (χ4v) is 1.29. The molecule has 0 aliphatic heterocycles. The molecule has 3 N–H and O–H groups in total. The molecule has 5 nitrogen and oxygen atoms in total. The number of hydrogen-bond acceptors (Lipinski definition) is 5. The van der Waals surface area contributed by atoms with Gasteiger partial charge in [0.1, 0.15) is 17.5 Å². The highest BCUT2D eigenvalue weighted by atomic mass is 15.3. The number of nitrogens with two attached hydrogens (primary N) is 1. The van der Waals surface area contributed by atoms with E-state index in [-0.39, 0.29) is 5.41 Å². The lowest BCUT2D eigenvalue weighted by molar-refractivity contribution is 0.544. The van der Waals surface area contributed by atoms with Crippen molar-refractivity contribution in [3.63, 3.8) is 0 Å². The van der Waals surface area contributed by atoms with Crippen LogP contribution in [0, 0.1) is 0 Å².